The van der Waals surface area contributed by atoms with E-state index in [2.05, 4.69) is 0 Å². The molecule has 1 unspecified atom stereocenters. The van der Waals surface area contributed by atoms with Crippen molar-refractivity contribution in [1.82, 2.24) is 0 Å². The van der Waals surface area contributed by atoms with Gasteiger partial charge in [0.05, 0.1) is 24.8 Å². The molecule has 8 heteroatoms. The van der Waals surface area contributed by atoms with E-state index in [0.29, 0.717) is 48.1 Å². The Balaban J connectivity index is 1.59. The Morgan fingerprint density at radius 3 is 2.30 bits per heavy atom. The number of phenolic OH excluding ortho intramolecular Hbond substituents is 1. The van der Waals surface area contributed by atoms with Crippen LogP contribution in [0.3, 0.4) is 0 Å². The minimum Gasteiger partial charge on any atom is -0.507 e. The highest BCUT2D eigenvalue weighted by Gasteiger charge is 2.47. The fraction of sp³-hybridized carbons (Fsp3) is 0.200. The first-order valence-corrected chi connectivity index (χ1v) is 14.1. The number of ketones is 1. The van der Waals surface area contributed by atoms with E-state index in [9.17, 15) is 19.8 Å². The fourth-order valence-electron chi connectivity index (χ4n) is 5.13. The van der Waals surface area contributed by atoms with E-state index in [4.69, 9.17) is 14.2 Å². The molecule has 0 aliphatic carbocycles. The van der Waals surface area contributed by atoms with E-state index < -0.39 is 17.7 Å². The zero-order valence-corrected chi connectivity index (χ0v) is 24.2. The quantitative estimate of drug-likeness (QED) is 0.122. The summed E-state index contributed by atoms with van der Waals surface area (Å²) in [5.41, 5.74) is 2.94. The molecule has 1 aliphatic heterocycles. The lowest BCUT2D eigenvalue weighted by Gasteiger charge is -2.26. The fourth-order valence-corrected chi connectivity index (χ4v) is 5.13. The molecule has 1 amide bonds. The number of rotatable bonds is 10. The van der Waals surface area contributed by atoms with Crippen molar-refractivity contribution < 1.29 is 34.0 Å². The topological polar surface area (TPSA) is 106 Å². The van der Waals surface area contributed by atoms with Gasteiger partial charge in [-0.3, -0.25) is 14.5 Å². The van der Waals surface area contributed by atoms with Gasteiger partial charge in [0.2, 0.25) is 0 Å². The van der Waals surface area contributed by atoms with E-state index in [1.165, 1.54) is 11.0 Å². The Bertz CT molecular complexity index is 1680. The number of aromatic hydroxyl groups is 1. The molecular formula is C35H33NO7. The highest BCUT2D eigenvalue weighted by atomic mass is 16.5. The number of nitrogens with zero attached hydrogens (tertiary/aromatic N) is 1. The van der Waals surface area contributed by atoms with Crippen LogP contribution < -0.4 is 19.1 Å². The third kappa shape index (κ3) is 6.04. The molecule has 0 bridgehead atoms. The Kier molecular flexibility index (Phi) is 8.66. The van der Waals surface area contributed by atoms with Crippen LogP contribution in [-0.4, -0.2) is 35.1 Å². The molecule has 43 heavy (non-hydrogen) atoms. The third-order valence-corrected chi connectivity index (χ3v) is 7.14. The van der Waals surface area contributed by atoms with Gasteiger partial charge in [-0.15, -0.1) is 0 Å². The van der Waals surface area contributed by atoms with Gasteiger partial charge in [0.25, 0.3) is 11.7 Å². The molecule has 220 valence electrons. The van der Waals surface area contributed by atoms with Gasteiger partial charge < -0.3 is 24.4 Å². The molecule has 0 saturated carbocycles. The summed E-state index contributed by atoms with van der Waals surface area (Å²) in [6.45, 7) is 6.58. The summed E-state index contributed by atoms with van der Waals surface area (Å²) in [6, 6.07) is 25.4. The van der Waals surface area contributed by atoms with Crippen LogP contribution in [0.25, 0.3) is 5.76 Å². The van der Waals surface area contributed by atoms with Crippen LogP contribution in [-0.2, 0) is 16.2 Å². The molecule has 5 rings (SSSR count). The van der Waals surface area contributed by atoms with Crippen LogP contribution in [0.1, 0.15) is 42.1 Å². The van der Waals surface area contributed by atoms with E-state index >= 15 is 0 Å². The van der Waals surface area contributed by atoms with Gasteiger partial charge in [-0.2, -0.15) is 0 Å². The zero-order chi connectivity index (χ0) is 30.5. The first kappa shape index (κ1) is 29.3. The molecule has 1 atom stereocenters. The van der Waals surface area contributed by atoms with Crippen LogP contribution in [0.4, 0.5) is 5.69 Å². The number of carbonyl (C=O) groups is 2. The summed E-state index contributed by atoms with van der Waals surface area (Å²) < 4.78 is 17.2. The SMILES string of the molecule is CCOc1cccc(N2C(=O)C(=O)/C(=C(\O)c3ccc(OCc4ccccc4)c(C)c3)C2c2ccc(O)c(OCC)c2)c1. The lowest BCUT2D eigenvalue weighted by Crippen LogP contribution is -2.29. The Morgan fingerprint density at radius 2 is 1.58 bits per heavy atom. The normalized spacial score (nSPS) is 15.9. The Hall–Kier alpha value is -5.24. The molecule has 1 saturated heterocycles. The summed E-state index contributed by atoms with van der Waals surface area (Å²) in [6.07, 6.45) is 0. The van der Waals surface area contributed by atoms with Crippen LogP contribution in [0, 0.1) is 6.92 Å². The van der Waals surface area contributed by atoms with Crippen LogP contribution >= 0.6 is 0 Å². The average Bonchev–Trinajstić information content (AvgIpc) is 3.28. The minimum absolute atomic E-state index is 0.0809. The smallest absolute Gasteiger partial charge is 0.300 e. The van der Waals surface area contributed by atoms with Crippen molar-refractivity contribution in [2.24, 2.45) is 0 Å². The van der Waals surface area contributed by atoms with E-state index in [1.54, 1.807) is 61.5 Å². The molecule has 1 aliphatic rings. The number of carbonyl (C=O) groups excluding carboxylic acids is 2. The highest BCUT2D eigenvalue weighted by Crippen LogP contribution is 2.44. The number of phenols is 1. The average molecular weight is 580 g/mol. The van der Waals surface area contributed by atoms with Gasteiger partial charge in [0.1, 0.15) is 23.9 Å². The summed E-state index contributed by atoms with van der Waals surface area (Å²) in [4.78, 5) is 28.6. The molecule has 0 spiro atoms. The zero-order valence-electron chi connectivity index (χ0n) is 24.2. The summed E-state index contributed by atoms with van der Waals surface area (Å²) in [5, 5.41) is 22.0. The van der Waals surface area contributed by atoms with E-state index in [-0.39, 0.29) is 22.8 Å². The van der Waals surface area contributed by atoms with Crippen molar-refractivity contribution in [3.05, 3.63) is 119 Å². The van der Waals surface area contributed by atoms with Crippen molar-refractivity contribution in [2.45, 2.75) is 33.4 Å². The summed E-state index contributed by atoms with van der Waals surface area (Å²) >= 11 is 0. The summed E-state index contributed by atoms with van der Waals surface area (Å²) in [7, 11) is 0. The number of anilines is 1. The Labute approximate surface area is 250 Å². The number of hydrogen-bond donors (Lipinski definition) is 2. The van der Waals surface area contributed by atoms with Crippen molar-refractivity contribution >= 4 is 23.1 Å². The molecule has 1 fully saturated rings. The second-order valence-corrected chi connectivity index (χ2v) is 10.0. The largest absolute Gasteiger partial charge is 0.507 e. The van der Waals surface area contributed by atoms with Gasteiger partial charge in [-0.05, 0) is 79.9 Å². The predicted octanol–water partition coefficient (Wildman–Crippen LogP) is 6.70. The van der Waals surface area contributed by atoms with Crippen molar-refractivity contribution in [1.29, 1.82) is 0 Å². The van der Waals surface area contributed by atoms with E-state index in [0.717, 1.165) is 11.1 Å². The van der Waals surface area contributed by atoms with Gasteiger partial charge in [-0.1, -0.05) is 42.5 Å². The van der Waals surface area contributed by atoms with Crippen molar-refractivity contribution in [3.8, 4) is 23.0 Å². The van der Waals surface area contributed by atoms with Crippen molar-refractivity contribution in [3.63, 3.8) is 0 Å². The number of aryl methyl sites for hydroxylation is 1. The van der Waals surface area contributed by atoms with E-state index in [1.807, 2.05) is 44.2 Å². The first-order valence-electron chi connectivity index (χ1n) is 14.1. The molecule has 0 radical (unpaired) electrons. The molecule has 2 N–H and O–H groups in total. The number of ether oxygens (including phenoxy) is 3. The maximum Gasteiger partial charge on any atom is 0.300 e. The number of amides is 1. The maximum absolute atomic E-state index is 13.6. The number of hydrogen-bond acceptors (Lipinski definition) is 7. The maximum atomic E-state index is 13.6. The molecule has 4 aromatic rings. The number of Topliss-reactive ketones (excluding diaryl/α,β-unsaturated/α-hetero) is 1. The van der Waals surface area contributed by atoms with Gasteiger partial charge in [-0.25, -0.2) is 0 Å². The second-order valence-electron chi connectivity index (χ2n) is 10.0. The predicted molar refractivity (Wildman–Crippen MR) is 164 cm³/mol. The summed E-state index contributed by atoms with van der Waals surface area (Å²) in [5.74, 6) is -0.682. The molecule has 4 aromatic carbocycles. The number of benzene rings is 4. The number of aliphatic hydroxyl groups excluding tert-OH is 1. The lowest BCUT2D eigenvalue weighted by molar-refractivity contribution is -0.132. The van der Waals surface area contributed by atoms with Gasteiger partial charge >= 0.3 is 0 Å². The molecular weight excluding hydrogens is 546 g/mol. The monoisotopic (exact) mass is 579 g/mol. The van der Waals surface area contributed by atoms with Gasteiger partial charge in [0.15, 0.2) is 11.5 Å². The number of aliphatic hydroxyl groups is 1. The highest BCUT2D eigenvalue weighted by molar-refractivity contribution is 6.51. The van der Waals surface area contributed by atoms with Crippen LogP contribution in [0.15, 0.2) is 96.6 Å². The standard InChI is InChI=1S/C35H33NO7/c1-4-41-27-13-9-12-26(20-27)36-32(24-14-16-28(37)30(19-24)42-5-2)31(34(39)35(36)40)33(38)25-15-17-29(22(3)18-25)43-21-23-10-7-6-8-11-23/h6-20,32,37-38H,4-5,21H2,1-3H3/b33-31-. The molecule has 0 aromatic heterocycles. The van der Waals surface area contributed by atoms with Gasteiger partial charge in [0, 0.05) is 17.3 Å². The van der Waals surface area contributed by atoms with Crippen LogP contribution in [0.5, 0.6) is 23.0 Å². The first-order chi connectivity index (χ1) is 20.8. The Morgan fingerprint density at radius 1 is 0.814 bits per heavy atom. The second kappa shape index (κ2) is 12.7. The lowest BCUT2D eigenvalue weighted by atomic mass is 9.94. The minimum atomic E-state index is -1.01. The molecule has 8 nitrogen and oxygen atoms in total. The third-order valence-electron chi connectivity index (χ3n) is 7.14. The van der Waals surface area contributed by atoms with Crippen molar-refractivity contribution in [2.75, 3.05) is 18.1 Å². The van der Waals surface area contributed by atoms with Crippen LogP contribution in [0.2, 0.25) is 0 Å². The molecule has 1 heterocycles.